The molecule has 0 radical (unpaired) electrons. The molecule has 0 bridgehead atoms. The summed E-state index contributed by atoms with van der Waals surface area (Å²) in [6.07, 6.45) is 0. The van der Waals surface area contributed by atoms with Gasteiger partial charge in [-0.2, -0.15) is 0 Å². The van der Waals surface area contributed by atoms with Gasteiger partial charge in [0.15, 0.2) is 0 Å². The molecule has 0 unspecified atom stereocenters. The van der Waals surface area contributed by atoms with Crippen molar-refractivity contribution < 1.29 is 9.13 Å². The Hall–Kier alpha value is -0.320. The minimum atomic E-state index is -0.154. The molecule has 0 N–H and O–H groups in total. The van der Waals surface area contributed by atoms with Crippen molar-refractivity contribution in [1.82, 2.24) is 0 Å². The minimum absolute atomic E-state index is 0.154. The summed E-state index contributed by atoms with van der Waals surface area (Å²) < 4.78 is 18.9. The molecule has 0 heterocycles. The van der Waals surface area contributed by atoms with Gasteiger partial charge in [0.2, 0.25) is 0 Å². The predicted molar refractivity (Wildman–Crippen MR) is 55.0 cm³/mol. The summed E-state index contributed by atoms with van der Waals surface area (Å²) in [5.74, 6) is 0.583. The third-order valence-corrected chi connectivity index (χ3v) is 2.28. The van der Waals surface area contributed by atoms with E-state index in [1.807, 2.05) is 29.5 Å². The zero-order valence-electron chi connectivity index (χ0n) is 7.03. The van der Waals surface area contributed by atoms with E-state index in [-0.39, 0.29) is 5.82 Å². The van der Waals surface area contributed by atoms with Crippen LogP contribution in [0, 0.1) is 16.3 Å². The van der Waals surface area contributed by atoms with E-state index in [2.05, 4.69) is 0 Å². The van der Waals surface area contributed by atoms with Crippen LogP contribution >= 0.6 is 22.6 Å². The van der Waals surface area contributed by atoms with Gasteiger partial charge in [0, 0.05) is 0 Å². The zero-order chi connectivity index (χ0) is 9.14. The van der Waals surface area contributed by atoms with Crippen LogP contribution in [-0.2, 0) is 0 Å². The van der Waals surface area contributed by atoms with E-state index in [1.165, 1.54) is 0 Å². The van der Waals surface area contributed by atoms with Gasteiger partial charge < -0.3 is 4.74 Å². The Morgan fingerprint density at radius 1 is 1.50 bits per heavy atom. The lowest BCUT2D eigenvalue weighted by molar-refractivity contribution is 0.339. The first-order valence-electron chi connectivity index (χ1n) is 3.73. The van der Waals surface area contributed by atoms with Crippen molar-refractivity contribution in [2.24, 2.45) is 0 Å². The number of aryl methyl sites for hydroxylation is 1. The molecule has 0 aliphatic rings. The van der Waals surface area contributed by atoms with E-state index < -0.39 is 0 Å². The number of ether oxygens (including phenoxy) is 1. The molecule has 0 amide bonds. The third-order valence-electron chi connectivity index (χ3n) is 1.49. The predicted octanol–water partition coefficient (Wildman–Crippen LogP) is 3.14. The van der Waals surface area contributed by atoms with Gasteiger partial charge in [0.05, 0.1) is 10.2 Å². The average Bonchev–Trinajstić information content (AvgIpc) is 2.01. The normalized spacial score (nSPS) is 10.0. The van der Waals surface area contributed by atoms with Gasteiger partial charge in [-0.25, -0.2) is 4.39 Å². The molecule has 0 saturated carbocycles. The van der Waals surface area contributed by atoms with Gasteiger partial charge in [0.25, 0.3) is 0 Å². The van der Waals surface area contributed by atoms with Crippen molar-refractivity contribution in [2.75, 3.05) is 6.61 Å². The van der Waals surface area contributed by atoms with Gasteiger partial charge in [-0.1, -0.05) is 0 Å². The number of hydrogen-bond acceptors (Lipinski definition) is 1. The largest absolute Gasteiger partial charge is 0.494 e. The number of halogens is 2. The molecule has 0 aliphatic carbocycles. The fourth-order valence-electron chi connectivity index (χ4n) is 0.945. The first kappa shape index (κ1) is 9.77. The molecule has 0 fully saturated rings. The molecule has 0 spiro atoms. The van der Waals surface area contributed by atoms with Crippen LogP contribution in [0.3, 0.4) is 0 Å². The highest BCUT2D eigenvalue weighted by molar-refractivity contribution is 14.1. The highest BCUT2D eigenvalue weighted by atomic mass is 127. The molecule has 0 aliphatic heterocycles. The Labute approximate surface area is 85.1 Å². The molecule has 1 aromatic rings. The lowest BCUT2D eigenvalue weighted by atomic mass is 10.2. The number of rotatable bonds is 2. The van der Waals surface area contributed by atoms with Gasteiger partial charge in [-0.15, -0.1) is 0 Å². The lowest BCUT2D eigenvalue weighted by Crippen LogP contribution is -1.95. The van der Waals surface area contributed by atoms with Crippen LogP contribution in [0.15, 0.2) is 12.1 Å². The Kier molecular flexibility index (Phi) is 3.31. The Balaban J connectivity index is 3.04. The fraction of sp³-hybridized carbons (Fsp3) is 0.333. The average molecular weight is 280 g/mol. The second kappa shape index (κ2) is 4.07. The minimum Gasteiger partial charge on any atom is -0.494 e. The zero-order valence-corrected chi connectivity index (χ0v) is 9.18. The number of hydrogen-bond donors (Lipinski definition) is 0. The summed E-state index contributed by atoms with van der Waals surface area (Å²) in [7, 11) is 0. The van der Waals surface area contributed by atoms with Crippen molar-refractivity contribution in [3.63, 3.8) is 0 Å². The Morgan fingerprint density at radius 2 is 2.17 bits per heavy atom. The molecule has 66 valence electrons. The standard InChI is InChI=1S/C9H10FIO/c1-3-12-7-4-6(2)9(10)8(11)5-7/h4-5H,3H2,1-2H3. The monoisotopic (exact) mass is 280 g/mol. The molecule has 0 saturated heterocycles. The molecule has 1 aromatic carbocycles. The van der Waals surface area contributed by atoms with Crippen LogP contribution in [0.25, 0.3) is 0 Å². The second-order valence-electron chi connectivity index (χ2n) is 2.47. The smallest absolute Gasteiger partial charge is 0.139 e. The molecule has 1 rings (SSSR count). The van der Waals surface area contributed by atoms with E-state index in [9.17, 15) is 4.39 Å². The molecule has 12 heavy (non-hydrogen) atoms. The van der Waals surface area contributed by atoms with Crippen molar-refractivity contribution in [2.45, 2.75) is 13.8 Å². The molecule has 3 heteroatoms. The van der Waals surface area contributed by atoms with E-state index >= 15 is 0 Å². The van der Waals surface area contributed by atoms with Crippen LogP contribution in [-0.4, -0.2) is 6.61 Å². The Morgan fingerprint density at radius 3 is 2.67 bits per heavy atom. The first-order chi connectivity index (χ1) is 5.65. The maximum absolute atomic E-state index is 13.1. The maximum atomic E-state index is 13.1. The van der Waals surface area contributed by atoms with Gasteiger partial charge in [-0.05, 0) is 54.1 Å². The molecule has 0 atom stereocenters. The van der Waals surface area contributed by atoms with Gasteiger partial charge >= 0.3 is 0 Å². The summed E-state index contributed by atoms with van der Waals surface area (Å²) in [5, 5.41) is 0. The SMILES string of the molecule is CCOc1cc(C)c(F)c(I)c1. The summed E-state index contributed by atoms with van der Waals surface area (Å²) in [6, 6.07) is 3.41. The summed E-state index contributed by atoms with van der Waals surface area (Å²) in [5.41, 5.74) is 0.630. The Bertz CT molecular complexity index is 263. The van der Waals surface area contributed by atoms with Crippen LogP contribution in [0.1, 0.15) is 12.5 Å². The summed E-state index contributed by atoms with van der Waals surface area (Å²) in [6.45, 7) is 4.26. The van der Waals surface area contributed by atoms with Crippen LogP contribution in [0.2, 0.25) is 0 Å². The van der Waals surface area contributed by atoms with Crippen molar-refractivity contribution in [3.05, 3.63) is 27.1 Å². The number of benzene rings is 1. The topological polar surface area (TPSA) is 9.23 Å². The van der Waals surface area contributed by atoms with Gasteiger partial charge in [0.1, 0.15) is 11.6 Å². The molecule has 1 nitrogen and oxygen atoms in total. The van der Waals surface area contributed by atoms with Gasteiger partial charge in [-0.3, -0.25) is 0 Å². The van der Waals surface area contributed by atoms with E-state index in [1.54, 1.807) is 19.1 Å². The van der Waals surface area contributed by atoms with Crippen LogP contribution in [0.4, 0.5) is 4.39 Å². The van der Waals surface area contributed by atoms with E-state index in [4.69, 9.17) is 4.74 Å². The maximum Gasteiger partial charge on any atom is 0.139 e. The molecular weight excluding hydrogens is 270 g/mol. The summed E-state index contributed by atoms with van der Waals surface area (Å²) in [4.78, 5) is 0. The van der Waals surface area contributed by atoms with Crippen LogP contribution < -0.4 is 4.74 Å². The third kappa shape index (κ3) is 2.09. The van der Waals surface area contributed by atoms with Crippen molar-refractivity contribution >= 4 is 22.6 Å². The van der Waals surface area contributed by atoms with Crippen LogP contribution in [0.5, 0.6) is 5.75 Å². The van der Waals surface area contributed by atoms with Crippen molar-refractivity contribution in [1.29, 1.82) is 0 Å². The highest BCUT2D eigenvalue weighted by Gasteiger charge is 2.05. The fourth-order valence-corrected chi connectivity index (χ4v) is 1.68. The van der Waals surface area contributed by atoms with E-state index in [0.717, 1.165) is 5.75 Å². The second-order valence-corrected chi connectivity index (χ2v) is 3.63. The summed E-state index contributed by atoms with van der Waals surface area (Å²) >= 11 is 1.96. The highest BCUT2D eigenvalue weighted by Crippen LogP contribution is 2.22. The van der Waals surface area contributed by atoms with E-state index in [0.29, 0.717) is 15.7 Å². The first-order valence-corrected chi connectivity index (χ1v) is 4.81. The molecule has 0 aromatic heterocycles. The van der Waals surface area contributed by atoms with Crippen molar-refractivity contribution in [3.8, 4) is 5.75 Å². The quantitative estimate of drug-likeness (QED) is 0.756. The molecular formula is C9H10FIO. The lowest BCUT2D eigenvalue weighted by Gasteiger charge is -2.05.